The molecule has 1 amide bonds. The van der Waals surface area contributed by atoms with Crippen LogP contribution in [0.1, 0.15) is 28.7 Å². The molecular weight excluding hydrogens is 332 g/mol. The lowest BCUT2D eigenvalue weighted by molar-refractivity contribution is -0.138. The highest BCUT2D eigenvalue weighted by Gasteiger charge is 2.36. The minimum Gasteiger partial charge on any atom is -0.378 e. The summed E-state index contributed by atoms with van der Waals surface area (Å²) < 4.78 is 9.32. The van der Waals surface area contributed by atoms with Crippen LogP contribution in [-0.2, 0) is 36.7 Å². The Balaban J connectivity index is 1.59. The van der Waals surface area contributed by atoms with E-state index in [1.165, 1.54) is 0 Å². The fourth-order valence-electron chi connectivity index (χ4n) is 4.04. The van der Waals surface area contributed by atoms with Crippen LogP contribution in [-0.4, -0.2) is 67.9 Å². The molecule has 1 atom stereocenters. The Morgan fingerprint density at radius 3 is 2.77 bits per heavy atom. The molecule has 0 radical (unpaired) electrons. The third kappa shape index (κ3) is 3.14. The van der Waals surface area contributed by atoms with Gasteiger partial charge in [-0.25, -0.2) is 4.98 Å². The first-order valence-corrected chi connectivity index (χ1v) is 9.11. The molecule has 2 aliphatic heterocycles. The third-order valence-corrected chi connectivity index (χ3v) is 5.31. The second-order valence-electron chi connectivity index (χ2n) is 7.25. The zero-order chi connectivity index (χ0) is 18.3. The van der Waals surface area contributed by atoms with Gasteiger partial charge in [0.05, 0.1) is 48.2 Å². The second kappa shape index (κ2) is 6.85. The second-order valence-corrected chi connectivity index (χ2v) is 7.25. The first-order chi connectivity index (χ1) is 12.5. The predicted octanol–water partition coefficient (Wildman–Crippen LogP) is 0.420. The summed E-state index contributed by atoms with van der Waals surface area (Å²) in [5.41, 5.74) is 4.22. The maximum absolute atomic E-state index is 13.2. The summed E-state index contributed by atoms with van der Waals surface area (Å²) in [5, 5.41) is 4.43. The Morgan fingerprint density at radius 2 is 2.08 bits per heavy atom. The molecule has 1 unspecified atom stereocenters. The van der Waals surface area contributed by atoms with Crippen molar-refractivity contribution in [2.24, 2.45) is 14.1 Å². The highest BCUT2D eigenvalue weighted by molar-refractivity contribution is 5.84. The van der Waals surface area contributed by atoms with Gasteiger partial charge >= 0.3 is 0 Å². The fourth-order valence-corrected chi connectivity index (χ4v) is 4.04. The Hall–Kier alpha value is -2.19. The molecule has 0 aromatic carbocycles. The van der Waals surface area contributed by atoms with Crippen LogP contribution in [0, 0.1) is 6.92 Å². The largest absolute Gasteiger partial charge is 0.378 e. The molecule has 140 valence electrons. The van der Waals surface area contributed by atoms with E-state index in [-0.39, 0.29) is 11.8 Å². The number of carbonyl (C=O) groups excluding carboxylic acids is 1. The monoisotopic (exact) mass is 358 g/mol. The van der Waals surface area contributed by atoms with Crippen LogP contribution in [0.25, 0.3) is 0 Å². The topological polar surface area (TPSA) is 68.4 Å². The zero-order valence-corrected chi connectivity index (χ0v) is 15.7. The highest BCUT2D eigenvalue weighted by atomic mass is 16.5. The lowest BCUT2D eigenvalue weighted by atomic mass is 9.96. The number of imidazole rings is 1. The Morgan fingerprint density at radius 1 is 1.31 bits per heavy atom. The lowest BCUT2D eigenvalue weighted by Crippen LogP contribution is -2.47. The minimum atomic E-state index is -0.182. The molecular formula is C18H26N6O2. The molecule has 0 saturated carbocycles. The van der Waals surface area contributed by atoms with E-state index in [1.807, 2.05) is 41.5 Å². The summed E-state index contributed by atoms with van der Waals surface area (Å²) >= 11 is 0. The number of morpholine rings is 1. The van der Waals surface area contributed by atoms with E-state index in [9.17, 15) is 4.79 Å². The van der Waals surface area contributed by atoms with Crippen LogP contribution in [0.2, 0.25) is 0 Å². The first kappa shape index (κ1) is 17.2. The molecule has 2 aromatic heterocycles. The summed E-state index contributed by atoms with van der Waals surface area (Å²) in [5.74, 6) is 0.00251. The molecule has 0 N–H and O–H groups in total. The van der Waals surface area contributed by atoms with Gasteiger partial charge in [0.15, 0.2) is 0 Å². The van der Waals surface area contributed by atoms with Crippen molar-refractivity contribution in [3.8, 4) is 0 Å². The van der Waals surface area contributed by atoms with Crippen molar-refractivity contribution in [2.45, 2.75) is 25.9 Å². The summed E-state index contributed by atoms with van der Waals surface area (Å²) in [4.78, 5) is 22.0. The van der Waals surface area contributed by atoms with Crippen molar-refractivity contribution in [1.29, 1.82) is 0 Å². The number of rotatable bonds is 3. The summed E-state index contributed by atoms with van der Waals surface area (Å²) in [6.45, 7) is 6.80. The molecule has 1 fully saturated rings. The normalized spacial score (nSPS) is 21.0. The average Bonchev–Trinajstić information content (AvgIpc) is 3.16. The maximum Gasteiger partial charge on any atom is 0.233 e. The standard InChI is InChI=1S/C18H26N6O2/c1-13-8-14(22(3)20-13)9-23-10-15(17-16(11-23)19-12-21(17)2)18(25)24-4-6-26-7-5-24/h8,12,15H,4-7,9-11H2,1-3H3. The molecule has 4 rings (SSSR count). The van der Waals surface area contributed by atoms with E-state index in [0.717, 1.165) is 35.9 Å². The molecule has 4 heterocycles. The van der Waals surface area contributed by atoms with Crippen LogP contribution in [0.4, 0.5) is 0 Å². The van der Waals surface area contributed by atoms with Crippen molar-refractivity contribution in [3.63, 3.8) is 0 Å². The number of fused-ring (bicyclic) bond motifs is 1. The van der Waals surface area contributed by atoms with Gasteiger partial charge in [-0.05, 0) is 13.0 Å². The van der Waals surface area contributed by atoms with Crippen molar-refractivity contribution in [3.05, 3.63) is 35.2 Å². The Kier molecular flexibility index (Phi) is 4.54. The molecule has 8 heteroatoms. The number of aryl methyl sites for hydroxylation is 3. The van der Waals surface area contributed by atoms with Gasteiger partial charge in [0, 0.05) is 46.8 Å². The quantitative estimate of drug-likeness (QED) is 0.795. The van der Waals surface area contributed by atoms with Crippen LogP contribution in [0.15, 0.2) is 12.4 Å². The molecule has 8 nitrogen and oxygen atoms in total. The number of ether oxygens (including phenoxy) is 1. The molecule has 0 spiro atoms. The van der Waals surface area contributed by atoms with Gasteiger partial charge in [0.1, 0.15) is 0 Å². The van der Waals surface area contributed by atoms with E-state index in [0.29, 0.717) is 32.8 Å². The average molecular weight is 358 g/mol. The van der Waals surface area contributed by atoms with Gasteiger partial charge in [0.2, 0.25) is 5.91 Å². The molecule has 1 saturated heterocycles. The smallest absolute Gasteiger partial charge is 0.233 e. The summed E-state index contributed by atoms with van der Waals surface area (Å²) in [6.07, 6.45) is 1.82. The molecule has 26 heavy (non-hydrogen) atoms. The first-order valence-electron chi connectivity index (χ1n) is 9.11. The van der Waals surface area contributed by atoms with Crippen molar-refractivity contribution >= 4 is 5.91 Å². The number of hydrogen-bond donors (Lipinski definition) is 0. The zero-order valence-electron chi connectivity index (χ0n) is 15.7. The van der Waals surface area contributed by atoms with Crippen LogP contribution in [0.5, 0.6) is 0 Å². The summed E-state index contributed by atoms with van der Waals surface area (Å²) in [6, 6.07) is 2.10. The highest BCUT2D eigenvalue weighted by Crippen LogP contribution is 2.30. The minimum absolute atomic E-state index is 0.182. The van der Waals surface area contributed by atoms with Crippen molar-refractivity contribution in [1.82, 2.24) is 29.1 Å². The maximum atomic E-state index is 13.2. The van der Waals surface area contributed by atoms with E-state index >= 15 is 0 Å². The Labute approximate surface area is 153 Å². The number of nitrogens with zero attached hydrogens (tertiary/aromatic N) is 6. The molecule has 2 aliphatic rings. The fraction of sp³-hybridized carbons (Fsp3) is 0.611. The van der Waals surface area contributed by atoms with Crippen molar-refractivity contribution in [2.75, 3.05) is 32.8 Å². The van der Waals surface area contributed by atoms with E-state index < -0.39 is 0 Å². The SMILES string of the molecule is Cc1cc(CN2Cc3ncn(C)c3C(C(=O)N3CCOCC3)C2)n(C)n1. The van der Waals surface area contributed by atoms with Crippen LogP contribution in [0.3, 0.4) is 0 Å². The van der Waals surface area contributed by atoms with Gasteiger partial charge in [-0.15, -0.1) is 0 Å². The number of aromatic nitrogens is 4. The lowest BCUT2D eigenvalue weighted by Gasteiger charge is -2.36. The summed E-state index contributed by atoms with van der Waals surface area (Å²) in [7, 11) is 3.94. The van der Waals surface area contributed by atoms with Gasteiger partial charge in [0.25, 0.3) is 0 Å². The predicted molar refractivity (Wildman–Crippen MR) is 95.4 cm³/mol. The molecule has 0 aliphatic carbocycles. The van der Waals surface area contributed by atoms with Crippen molar-refractivity contribution < 1.29 is 9.53 Å². The van der Waals surface area contributed by atoms with Crippen LogP contribution >= 0.6 is 0 Å². The van der Waals surface area contributed by atoms with E-state index in [1.54, 1.807) is 0 Å². The van der Waals surface area contributed by atoms with Gasteiger partial charge in [-0.1, -0.05) is 0 Å². The Bertz CT molecular complexity index is 805. The molecule has 0 bridgehead atoms. The molecule has 2 aromatic rings. The van der Waals surface area contributed by atoms with Gasteiger partial charge in [-0.2, -0.15) is 5.10 Å². The van der Waals surface area contributed by atoms with Gasteiger partial charge < -0.3 is 14.2 Å². The van der Waals surface area contributed by atoms with E-state index in [2.05, 4.69) is 21.0 Å². The van der Waals surface area contributed by atoms with E-state index in [4.69, 9.17) is 4.74 Å². The number of hydrogen-bond acceptors (Lipinski definition) is 5. The number of amides is 1. The third-order valence-electron chi connectivity index (χ3n) is 5.31. The van der Waals surface area contributed by atoms with Crippen LogP contribution < -0.4 is 0 Å². The number of carbonyl (C=O) groups is 1. The van der Waals surface area contributed by atoms with Gasteiger partial charge in [-0.3, -0.25) is 14.4 Å².